The SMILES string of the molecule is CC(C)(CO)NC(=O)c1ccc([N+](=O)[O-])c(S(C)(=O)=O)c1.CC(C)(N)CO.CC1(C)CSC(c2ccc(N)c(S(C)(=O)=O)c2)=N1.CC1(C)CSC(c2ccc(N)c(S(C)(=O)=O)c2)=N1.CC1(C)CSC(c2ccc([N+](=O)[O-])c(S(C)(=O)=O)c2)=N1.CSc1cc(C(=O)NC(C)(C)CO)ccc1[N+](=O)[O-].CSc1cc(C(=O)O)ccc1[N+](=O)[O-].FC(F)c1nc2c(Cl)cc(Cl)nc2n1C1CCCCO1.O=C(O)c1ccc([N+](=O)[O-])c(F)c1. The maximum atomic E-state index is 13.2. The number of halogens is 5. The number of carbonyl (C=O) groups excluding carboxylic acids is 2. The highest BCUT2D eigenvalue weighted by Crippen LogP contribution is 2.40. The quantitative estimate of drug-likeness (QED) is 0.00835. The second-order valence-corrected chi connectivity index (χ2v) is 49.9. The molecule has 812 valence electrons. The van der Waals surface area contributed by atoms with Crippen molar-refractivity contribution in [3.63, 3.8) is 0 Å². The Hall–Kier alpha value is -11.6. The van der Waals surface area contributed by atoms with Gasteiger partial charge in [0, 0.05) is 113 Å². The number of imidazole rings is 1. The fourth-order valence-corrected chi connectivity index (χ4v) is 20.9. The minimum Gasteiger partial charge on any atom is -0.478 e. The summed E-state index contributed by atoms with van der Waals surface area (Å²) < 4.78 is 139. The van der Waals surface area contributed by atoms with E-state index >= 15 is 0 Å². The number of carbonyl (C=O) groups is 4. The van der Waals surface area contributed by atoms with Gasteiger partial charge < -0.3 is 58.1 Å². The number of alkyl halides is 2. The molecule has 149 heavy (non-hydrogen) atoms. The number of aliphatic imine (C=N–C) groups is 3. The van der Waals surface area contributed by atoms with Gasteiger partial charge in [0.05, 0.1) is 134 Å². The van der Waals surface area contributed by atoms with Crippen LogP contribution in [0.25, 0.3) is 11.2 Å². The Kier molecular flexibility index (Phi) is 45.8. The number of carboxylic acid groups (broad SMARTS) is 2. The number of aliphatic hydroxyl groups excluding tert-OH is 3. The van der Waals surface area contributed by atoms with Crippen molar-refractivity contribution in [3.8, 4) is 0 Å². The van der Waals surface area contributed by atoms with Crippen molar-refractivity contribution in [2.75, 3.05) is 92.7 Å². The van der Waals surface area contributed by atoms with Crippen molar-refractivity contribution in [1.82, 2.24) is 25.2 Å². The fraction of sp³-hybridized carbons (Fsp3) is 0.396. The number of ether oxygens (including phenoxy) is 1. The van der Waals surface area contributed by atoms with Crippen LogP contribution in [-0.2, 0) is 44.1 Å². The monoisotopic (exact) mass is 2290 g/mol. The molecule has 1 unspecified atom stereocenters. The Bertz CT molecular complexity index is 7030. The van der Waals surface area contributed by atoms with Gasteiger partial charge in [0.15, 0.2) is 50.8 Å². The van der Waals surface area contributed by atoms with Gasteiger partial charge in [-0.05, 0) is 206 Å². The molecule has 44 nitrogen and oxygen atoms in total. The molecule has 1 fully saturated rings. The highest BCUT2D eigenvalue weighted by Gasteiger charge is 2.35. The van der Waals surface area contributed by atoms with Crippen molar-refractivity contribution in [2.24, 2.45) is 20.7 Å². The summed E-state index contributed by atoms with van der Waals surface area (Å²) in [6, 6.07) is 29.0. The number of hydrogen-bond acceptors (Lipinski definition) is 39. The topological polar surface area (TPSA) is 701 Å². The van der Waals surface area contributed by atoms with Gasteiger partial charge in [0.1, 0.15) is 26.7 Å². The van der Waals surface area contributed by atoms with Crippen LogP contribution in [0.3, 0.4) is 0 Å². The first kappa shape index (κ1) is 128. The number of fused-ring (bicyclic) bond motifs is 1. The number of anilines is 2. The third kappa shape index (κ3) is 39.0. The predicted molar refractivity (Wildman–Crippen MR) is 570 cm³/mol. The van der Waals surface area contributed by atoms with Gasteiger partial charge in [-0.25, -0.2) is 62.0 Å². The molecule has 1 saturated heterocycles. The molecule has 1 atom stereocenters. The van der Waals surface area contributed by atoms with Crippen molar-refractivity contribution < 1.29 is 121 Å². The molecule has 0 saturated carbocycles. The number of nitrogens with two attached hydrogens (primary N) is 3. The summed E-state index contributed by atoms with van der Waals surface area (Å²) in [5.74, 6) is -2.34. The van der Waals surface area contributed by atoms with Crippen LogP contribution >= 0.6 is 82.0 Å². The Morgan fingerprint density at radius 2 is 0.832 bits per heavy atom. The first-order valence-electron chi connectivity index (χ1n) is 43.3. The van der Waals surface area contributed by atoms with Crippen LogP contribution in [0.4, 0.5) is 53.0 Å². The van der Waals surface area contributed by atoms with Gasteiger partial charge >= 0.3 is 17.6 Å². The van der Waals surface area contributed by atoms with Crippen LogP contribution in [0.2, 0.25) is 10.2 Å². The normalized spacial score (nSPS) is 15.0. The predicted octanol–water partition coefficient (Wildman–Crippen LogP) is 16.0. The van der Waals surface area contributed by atoms with E-state index in [0.717, 1.165) is 123 Å². The molecule has 13 rings (SSSR count). The number of pyridine rings is 1. The highest BCUT2D eigenvalue weighted by molar-refractivity contribution is 8.15. The Labute approximate surface area is 886 Å². The van der Waals surface area contributed by atoms with E-state index in [1.807, 2.05) is 26.0 Å². The number of thioether (sulfide) groups is 5. The van der Waals surface area contributed by atoms with E-state index < -0.39 is 139 Å². The highest BCUT2D eigenvalue weighted by atomic mass is 35.5. The Morgan fingerprint density at radius 3 is 1.15 bits per heavy atom. The van der Waals surface area contributed by atoms with E-state index in [-0.39, 0.29) is 124 Å². The number of carboxylic acids is 2. The molecule has 4 aliphatic rings. The second kappa shape index (κ2) is 53.4. The largest absolute Gasteiger partial charge is 0.478 e. The van der Waals surface area contributed by atoms with Gasteiger partial charge in [0.25, 0.3) is 41.0 Å². The number of aromatic carboxylic acids is 2. The number of nitrogens with zero attached hydrogens (tertiary/aromatic N) is 11. The molecule has 4 aliphatic heterocycles. The van der Waals surface area contributed by atoms with Crippen molar-refractivity contribution in [3.05, 3.63) is 245 Å². The van der Waals surface area contributed by atoms with E-state index in [2.05, 4.69) is 63.3 Å². The van der Waals surface area contributed by atoms with Gasteiger partial charge in [-0.15, -0.1) is 58.8 Å². The molecule has 0 aliphatic carbocycles. The second-order valence-electron chi connectivity index (χ2n) is 36.5. The van der Waals surface area contributed by atoms with Crippen molar-refractivity contribution >= 4 is 211 Å². The molecule has 2 amide bonds. The summed E-state index contributed by atoms with van der Waals surface area (Å²) in [5.41, 5.74) is 15.8. The van der Waals surface area contributed by atoms with Gasteiger partial charge in [-0.2, -0.15) is 4.39 Å². The number of benzene rings is 7. The first-order valence-corrected chi connectivity index (χ1v) is 57.0. The number of sulfone groups is 4. The van der Waals surface area contributed by atoms with E-state index in [9.17, 15) is 117 Å². The molecule has 0 radical (unpaired) electrons. The van der Waals surface area contributed by atoms with E-state index in [4.69, 9.17) is 70.7 Å². The number of aromatic nitrogens is 3. The van der Waals surface area contributed by atoms with E-state index in [1.54, 1.807) is 108 Å². The lowest BCUT2D eigenvalue weighted by molar-refractivity contribution is -0.388. The lowest BCUT2D eigenvalue weighted by atomic mass is 10.1. The summed E-state index contributed by atoms with van der Waals surface area (Å²) in [6.07, 6.45) is 6.72. The van der Waals surface area contributed by atoms with Gasteiger partial charge in [-0.1, -0.05) is 35.3 Å². The molecule has 6 heterocycles. The number of nitro benzene ring substituents is 5. The maximum absolute atomic E-state index is 13.2. The zero-order valence-electron chi connectivity index (χ0n) is 83.3. The zero-order valence-corrected chi connectivity index (χ0v) is 92.1. The molecular formula is C91H111Cl2F3N16O28S9. The minimum atomic E-state index is -3.85. The molecule has 9 aromatic rings. The van der Waals surface area contributed by atoms with Crippen LogP contribution in [0, 0.1) is 56.4 Å². The summed E-state index contributed by atoms with van der Waals surface area (Å²) in [5, 5.41) is 105. The molecule has 2 aromatic heterocycles. The van der Waals surface area contributed by atoms with Gasteiger partial charge in [0.2, 0.25) is 5.82 Å². The van der Waals surface area contributed by atoms with Crippen molar-refractivity contribution in [1.29, 1.82) is 0 Å². The smallest absolute Gasteiger partial charge is 0.335 e. The number of nitrogen functional groups attached to an aromatic ring is 2. The Morgan fingerprint density at radius 1 is 0.503 bits per heavy atom. The first-order chi connectivity index (χ1) is 68.5. The van der Waals surface area contributed by atoms with Crippen LogP contribution in [0.5, 0.6) is 0 Å². The van der Waals surface area contributed by atoms with Crippen LogP contribution < -0.4 is 27.8 Å². The standard InChI is InChI=1S/C12H11Cl2F2N3O.C12H16N2O6S.C12H14N2O4S2.C12H16N2O4S.2C12H16N2O2S2.C8H7NO4S.C7H4FNO4.C4H11NO/c13-6-5-7(14)17-11-9(6)18-12(10(15)16)19(11)8-3-1-2-4-20-8;1-12(2,7-15)13-11(16)8-4-5-9(14(17)18)10(6-8)21(3,19)20;1-12(2)7-19-11(13-12)8-4-5-9(14(15)16)10(6-8)20(3,17)18;1-12(2,7-15)13-11(16)8-4-5-9(14(17)18)10(6-8)19-3;2*1-12(2)7-17-11(14-12)8-4-5-9(13)10(6-8)18(3,15)16;1-14-7-4-5(8(10)11)2-3-6(7)9(12)13;8-5-3-4(7(10)11)1-2-6(5)9(12)13;1-4(2,5)3-6/h5,8,10H,1-4H2;4-6,15H,7H2,1-3H3,(H,13,16);4-6H,7H2,1-3H3;4-6,15H,7H2,1-3H3,(H,13,16);2*4-6H,7,13H2,1-3H3;2-4H,1H3,(H,10,11);1-3H,(H,10,11);6H,3,5H2,1-2H3. The number of nitrogens with one attached hydrogen (secondary N) is 2. The lowest BCUT2D eigenvalue weighted by Gasteiger charge is -2.25. The van der Waals surface area contributed by atoms with Crippen molar-refractivity contribution in [2.45, 2.75) is 178 Å². The number of amides is 2. The summed E-state index contributed by atoms with van der Waals surface area (Å²) in [7, 11) is -14.1. The summed E-state index contributed by atoms with van der Waals surface area (Å²) in [6.45, 7) is 22.3. The number of hydrogen-bond donors (Lipinski definition) is 10. The zero-order chi connectivity index (χ0) is 113. The molecule has 7 aromatic carbocycles. The Balaban J connectivity index is 0.000000298. The fourth-order valence-electron chi connectivity index (χ4n) is 12.3. The van der Waals surface area contributed by atoms with Gasteiger partial charge in [-0.3, -0.25) is 79.7 Å². The molecule has 0 spiro atoms. The average molecular weight is 2290 g/mol. The van der Waals surface area contributed by atoms with E-state index in [0.29, 0.717) is 40.0 Å². The average Bonchev–Trinajstić information content (AvgIpc) is 1.61. The molecule has 58 heteroatoms. The van der Waals surface area contributed by atoms with E-state index in [1.165, 1.54) is 82.7 Å². The summed E-state index contributed by atoms with van der Waals surface area (Å²) in [4.78, 5) is 117. The number of rotatable bonds is 25. The molecular weight excluding hydrogens is 2180 g/mol. The number of nitro groups is 5. The minimum absolute atomic E-state index is 0.0227. The molecule has 13 N–H and O–H groups in total. The summed E-state index contributed by atoms with van der Waals surface area (Å²) >= 11 is 19.0. The lowest BCUT2D eigenvalue weighted by Crippen LogP contribution is -2.46. The third-order valence-electron chi connectivity index (χ3n) is 19.8. The van der Waals surface area contributed by atoms with Crippen LogP contribution in [0.1, 0.15) is 179 Å². The third-order valence-corrected chi connectivity index (χ3v) is 30.8. The van der Waals surface area contributed by atoms with Crippen LogP contribution in [-0.4, -0.2) is 252 Å². The maximum Gasteiger partial charge on any atom is 0.335 e. The van der Waals surface area contributed by atoms with Crippen LogP contribution in [0.15, 0.2) is 178 Å². The molecule has 0 bridgehead atoms. The number of aliphatic hydroxyl groups is 3.